The van der Waals surface area contributed by atoms with Gasteiger partial charge in [-0.25, -0.2) is 4.98 Å². The Hall–Kier alpha value is -3.52. The highest BCUT2D eigenvalue weighted by molar-refractivity contribution is 7.99. The summed E-state index contributed by atoms with van der Waals surface area (Å²) in [5.74, 6) is 1.61. The standard InChI is InChI=1S/C27H29N3O4S/c1-33-22-10-5-19(6-11-22)26(20-7-12-23(34-2)13-8-20)29-24(31)18-35-25-14-9-21(17-28-25)27(32)30-15-3-4-16-30/h5-14,17,26H,3-4,15-16,18H2,1-2H3,(H,29,31). The minimum Gasteiger partial charge on any atom is -0.497 e. The van der Waals surface area contributed by atoms with Gasteiger partial charge in [-0.15, -0.1) is 0 Å². The molecule has 1 N–H and O–H groups in total. The Morgan fingerprint density at radius 2 is 1.49 bits per heavy atom. The van der Waals surface area contributed by atoms with Crippen LogP contribution in [-0.2, 0) is 4.79 Å². The number of hydrogen-bond donors (Lipinski definition) is 1. The molecule has 35 heavy (non-hydrogen) atoms. The Morgan fingerprint density at radius 1 is 0.914 bits per heavy atom. The molecule has 2 heterocycles. The molecule has 1 saturated heterocycles. The van der Waals surface area contributed by atoms with E-state index in [2.05, 4.69) is 10.3 Å². The van der Waals surface area contributed by atoms with Crippen LogP contribution in [0.5, 0.6) is 11.5 Å². The van der Waals surface area contributed by atoms with Gasteiger partial charge in [0.25, 0.3) is 5.91 Å². The number of methoxy groups -OCH3 is 2. The molecule has 4 rings (SSSR count). The van der Waals surface area contributed by atoms with Gasteiger partial charge in [-0.3, -0.25) is 9.59 Å². The zero-order valence-electron chi connectivity index (χ0n) is 19.9. The van der Waals surface area contributed by atoms with E-state index in [-0.39, 0.29) is 23.6 Å². The van der Waals surface area contributed by atoms with Crippen LogP contribution in [0.15, 0.2) is 71.9 Å². The molecule has 1 aliphatic rings. The third-order valence-corrected chi connectivity index (χ3v) is 6.88. The number of nitrogens with one attached hydrogen (secondary N) is 1. The lowest BCUT2D eigenvalue weighted by Gasteiger charge is -2.20. The number of pyridine rings is 1. The van der Waals surface area contributed by atoms with Crippen LogP contribution in [0.4, 0.5) is 0 Å². The van der Waals surface area contributed by atoms with Crippen molar-refractivity contribution in [3.8, 4) is 11.5 Å². The first-order valence-electron chi connectivity index (χ1n) is 11.5. The van der Waals surface area contributed by atoms with Gasteiger partial charge in [-0.05, 0) is 60.4 Å². The molecule has 2 amide bonds. The van der Waals surface area contributed by atoms with E-state index in [1.807, 2.05) is 53.4 Å². The maximum absolute atomic E-state index is 12.9. The fourth-order valence-corrected chi connectivity index (χ4v) is 4.64. The van der Waals surface area contributed by atoms with Gasteiger partial charge in [-0.2, -0.15) is 0 Å². The maximum atomic E-state index is 12.9. The summed E-state index contributed by atoms with van der Waals surface area (Å²) >= 11 is 1.34. The lowest BCUT2D eigenvalue weighted by molar-refractivity contribution is -0.119. The van der Waals surface area contributed by atoms with Gasteiger partial charge in [0.1, 0.15) is 11.5 Å². The molecule has 0 aliphatic carbocycles. The Morgan fingerprint density at radius 3 is 1.97 bits per heavy atom. The minimum atomic E-state index is -0.326. The molecule has 3 aromatic rings. The molecule has 0 bridgehead atoms. The number of carbonyl (C=O) groups is 2. The zero-order chi connectivity index (χ0) is 24.6. The lowest BCUT2D eigenvalue weighted by atomic mass is 9.98. The summed E-state index contributed by atoms with van der Waals surface area (Å²) < 4.78 is 10.5. The van der Waals surface area contributed by atoms with Gasteiger partial charge < -0.3 is 19.7 Å². The number of ether oxygens (including phenoxy) is 2. The average Bonchev–Trinajstić information content (AvgIpc) is 3.46. The second kappa shape index (κ2) is 11.8. The molecule has 1 aromatic heterocycles. The number of aromatic nitrogens is 1. The molecule has 0 spiro atoms. The first kappa shape index (κ1) is 24.6. The van der Waals surface area contributed by atoms with Crippen molar-refractivity contribution in [2.75, 3.05) is 33.1 Å². The van der Waals surface area contributed by atoms with Crippen LogP contribution in [-0.4, -0.2) is 54.8 Å². The predicted molar refractivity (Wildman–Crippen MR) is 136 cm³/mol. The van der Waals surface area contributed by atoms with Crippen molar-refractivity contribution in [3.05, 3.63) is 83.6 Å². The number of carbonyl (C=O) groups excluding carboxylic acids is 2. The summed E-state index contributed by atoms with van der Waals surface area (Å²) in [7, 11) is 3.25. The number of likely N-dealkylation sites (tertiary alicyclic amines) is 1. The second-order valence-corrected chi connectivity index (χ2v) is 9.22. The first-order valence-corrected chi connectivity index (χ1v) is 12.5. The van der Waals surface area contributed by atoms with Crippen LogP contribution in [0, 0.1) is 0 Å². The summed E-state index contributed by atoms with van der Waals surface area (Å²) in [5, 5.41) is 3.83. The van der Waals surface area contributed by atoms with E-state index in [1.165, 1.54) is 11.8 Å². The SMILES string of the molecule is COc1ccc(C(NC(=O)CSc2ccc(C(=O)N3CCCC3)cn2)c2ccc(OC)cc2)cc1. The monoisotopic (exact) mass is 491 g/mol. The summed E-state index contributed by atoms with van der Waals surface area (Å²) in [4.78, 5) is 31.6. The molecule has 7 nitrogen and oxygen atoms in total. The number of rotatable bonds is 9. The van der Waals surface area contributed by atoms with E-state index in [9.17, 15) is 9.59 Å². The molecule has 182 valence electrons. The van der Waals surface area contributed by atoms with Gasteiger partial charge in [0, 0.05) is 19.3 Å². The van der Waals surface area contributed by atoms with Crippen molar-refractivity contribution in [2.24, 2.45) is 0 Å². The summed E-state index contributed by atoms with van der Waals surface area (Å²) in [6, 6.07) is 18.5. The highest BCUT2D eigenvalue weighted by Gasteiger charge is 2.20. The third kappa shape index (κ3) is 6.33. The molecule has 1 aliphatic heterocycles. The van der Waals surface area contributed by atoms with Crippen LogP contribution in [0.1, 0.15) is 40.4 Å². The van der Waals surface area contributed by atoms with Crippen LogP contribution in [0.3, 0.4) is 0 Å². The molecule has 2 aromatic carbocycles. The fourth-order valence-electron chi connectivity index (χ4n) is 3.99. The van der Waals surface area contributed by atoms with Gasteiger partial charge >= 0.3 is 0 Å². The Kier molecular flexibility index (Phi) is 8.26. The second-order valence-electron chi connectivity index (χ2n) is 8.22. The van der Waals surface area contributed by atoms with Crippen molar-refractivity contribution in [3.63, 3.8) is 0 Å². The number of amides is 2. The van der Waals surface area contributed by atoms with Crippen LogP contribution in [0.25, 0.3) is 0 Å². The Labute approximate surface area is 209 Å². The molecule has 0 unspecified atom stereocenters. The topological polar surface area (TPSA) is 80.8 Å². The van der Waals surface area contributed by atoms with Crippen molar-refractivity contribution in [1.82, 2.24) is 15.2 Å². The first-order chi connectivity index (χ1) is 17.1. The fraction of sp³-hybridized carbons (Fsp3) is 0.296. The number of thioether (sulfide) groups is 1. The largest absolute Gasteiger partial charge is 0.497 e. The summed E-state index contributed by atoms with van der Waals surface area (Å²) in [6.07, 6.45) is 3.70. The van der Waals surface area contributed by atoms with E-state index in [1.54, 1.807) is 32.5 Å². The van der Waals surface area contributed by atoms with E-state index >= 15 is 0 Å². The lowest BCUT2D eigenvalue weighted by Crippen LogP contribution is -2.30. The van der Waals surface area contributed by atoms with E-state index in [4.69, 9.17) is 9.47 Å². The van der Waals surface area contributed by atoms with Gasteiger partial charge in [0.05, 0.1) is 36.6 Å². The van der Waals surface area contributed by atoms with E-state index < -0.39 is 0 Å². The van der Waals surface area contributed by atoms with Crippen LogP contribution >= 0.6 is 11.8 Å². The number of hydrogen-bond acceptors (Lipinski definition) is 6. The van der Waals surface area contributed by atoms with Crippen molar-refractivity contribution in [2.45, 2.75) is 23.9 Å². The van der Waals surface area contributed by atoms with Gasteiger partial charge in [0.15, 0.2) is 0 Å². The highest BCUT2D eigenvalue weighted by atomic mass is 32.2. The smallest absolute Gasteiger partial charge is 0.255 e. The number of nitrogens with zero attached hydrogens (tertiary/aromatic N) is 2. The van der Waals surface area contributed by atoms with Crippen LogP contribution in [0.2, 0.25) is 0 Å². The Bertz CT molecular complexity index is 1080. The third-order valence-electron chi connectivity index (χ3n) is 5.93. The minimum absolute atomic E-state index is 0.0196. The zero-order valence-corrected chi connectivity index (χ0v) is 20.7. The quantitative estimate of drug-likeness (QED) is 0.449. The Balaban J connectivity index is 1.41. The summed E-state index contributed by atoms with van der Waals surface area (Å²) in [5.41, 5.74) is 2.47. The van der Waals surface area contributed by atoms with Crippen molar-refractivity contribution >= 4 is 23.6 Å². The van der Waals surface area contributed by atoms with Crippen LogP contribution < -0.4 is 14.8 Å². The molecule has 8 heteroatoms. The highest BCUT2D eigenvalue weighted by Crippen LogP contribution is 2.26. The average molecular weight is 492 g/mol. The molecular formula is C27H29N3O4S. The van der Waals surface area contributed by atoms with Crippen molar-refractivity contribution in [1.29, 1.82) is 0 Å². The molecule has 0 atom stereocenters. The predicted octanol–water partition coefficient (Wildman–Crippen LogP) is 4.33. The molecule has 0 saturated carbocycles. The normalized spacial score (nSPS) is 13.1. The van der Waals surface area contributed by atoms with E-state index in [0.717, 1.165) is 48.6 Å². The van der Waals surface area contributed by atoms with E-state index in [0.29, 0.717) is 10.6 Å². The molecule has 1 fully saturated rings. The maximum Gasteiger partial charge on any atom is 0.255 e. The van der Waals surface area contributed by atoms with Gasteiger partial charge in [0.2, 0.25) is 5.91 Å². The molecule has 0 radical (unpaired) electrons. The number of benzene rings is 2. The van der Waals surface area contributed by atoms with Crippen molar-refractivity contribution < 1.29 is 19.1 Å². The summed E-state index contributed by atoms with van der Waals surface area (Å²) in [6.45, 7) is 1.61. The van der Waals surface area contributed by atoms with Gasteiger partial charge in [-0.1, -0.05) is 36.0 Å². The molecular weight excluding hydrogens is 462 g/mol.